The predicted molar refractivity (Wildman–Crippen MR) is 216 cm³/mol. The number of H-pyrrole nitrogens is 1. The highest BCUT2D eigenvalue weighted by atomic mass is 32.2. The minimum absolute atomic E-state index is 0.159. The lowest BCUT2D eigenvalue weighted by atomic mass is 10.1. The van der Waals surface area contributed by atoms with Crippen LogP contribution in [0.4, 0.5) is 11.8 Å². The van der Waals surface area contributed by atoms with Crippen LogP contribution in [0.25, 0.3) is 11.2 Å². The molecule has 0 aliphatic heterocycles. The fourth-order valence-electron chi connectivity index (χ4n) is 5.24. The van der Waals surface area contributed by atoms with Crippen LogP contribution >= 0.6 is 11.8 Å². The second kappa shape index (κ2) is 25.0. The van der Waals surface area contributed by atoms with Gasteiger partial charge in [0.1, 0.15) is 18.2 Å². The molecule has 0 saturated heterocycles. The molecular formula is C36H60N12O5S. The number of nitrogens with zero attached hydrogens (tertiary/aromatic N) is 3. The van der Waals surface area contributed by atoms with E-state index in [1.165, 1.54) is 4.57 Å². The van der Waals surface area contributed by atoms with E-state index in [4.69, 9.17) is 21.9 Å². The van der Waals surface area contributed by atoms with Crippen LogP contribution in [0.1, 0.15) is 74.7 Å². The lowest BCUT2D eigenvalue weighted by molar-refractivity contribution is -0.130. The Hall–Kier alpha value is -4.23. The maximum absolute atomic E-state index is 13.2. The lowest BCUT2D eigenvalue weighted by Crippen LogP contribution is -2.54. The first kappa shape index (κ1) is 44.2. The van der Waals surface area contributed by atoms with Gasteiger partial charge in [-0.05, 0) is 94.7 Å². The molecule has 300 valence electrons. The highest BCUT2D eigenvalue weighted by molar-refractivity contribution is 7.99. The fourth-order valence-corrected chi connectivity index (χ4v) is 6.10. The van der Waals surface area contributed by atoms with Crippen molar-refractivity contribution in [3.05, 3.63) is 45.9 Å². The molecule has 2 atom stereocenters. The number of carbonyl (C=O) groups excluding carboxylic acids is 3. The Kier molecular flexibility index (Phi) is 20.4. The zero-order valence-corrected chi connectivity index (χ0v) is 32.5. The Morgan fingerprint density at radius 3 is 2.30 bits per heavy atom. The van der Waals surface area contributed by atoms with Crippen molar-refractivity contribution in [1.29, 1.82) is 0 Å². The van der Waals surface area contributed by atoms with Crippen LogP contribution in [0.15, 0.2) is 29.1 Å². The number of hydrogen-bond acceptors (Lipinski definition) is 14. The number of nitrogens with one attached hydrogen (secondary N) is 6. The normalized spacial score (nSPS) is 12.4. The highest BCUT2D eigenvalue weighted by Crippen LogP contribution is 2.18. The second-order valence-corrected chi connectivity index (χ2v) is 14.1. The number of unbranched alkanes of at least 4 members (excludes halogenated alkanes) is 2. The minimum atomic E-state index is -1.13. The quantitative estimate of drug-likeness (QED) is 0.0367. The molecule has 0 unspecified atom stereocenters. The molecule has 12 N–H and O–H groups in total. The third-order valence-electron chi connectivity index (χ3n) is 8.34. The Labute approximate surface area is 321 Å². The summed E-state index contributed by atoms with van der Waals surface area (Å²) in [6, 6.07) is 4.57. The molecule has 3 aromatic rings. The van der Waals surface area contributed by atoms with E-state index in [0.29, 0.717) is 48.9 Å². The molecule has 2 aromatic heterocycles. The van der Waals surface area contributed by atoms with Crippen molar-refractivity contribution in [3.63, 3.8) is 0 Å². The Balaban J connectivity index is 1.55. The summed E-state index contributed by atoms with van der Waals surface area (Å²) in [6.07, 6.45) is 6.63. The molecule has 18 heteroatoms. The van der Waals surface area contributed by atoms with Crippen LogP contribution in [0.3, 0.4) is 0 Å². The first-order valence-corrected chi connectivity index (χ1v) is 20.1. The number of nitrogen functional groups attached to an aromatic ring is 1. The zero-order chi connectivity index (χ0) is 39.1. The van der Waals surface area contributed by atoms with Gasteiger partial charge in [0, 0.05) is 18.8 Å². The third kappa shape index (κ3) is 15.3. The second-order valence-electron chi connectivity index (χ2n) is 13.0. The van der Waals surface area contributed by atoms with E-state index in [1.54, 1.807) is 36.0 Å². The van der Waals surface area contributed by atoms with Gasteiger partial charge in [-0.3, -0.25) is 14.2 Å². The summed E-state index contributed by atoms with van der Waals surface area (Å²) in [4.78, 5) is 63.4. The van der Waals surface area contributed by atoms with Crippen LogP contribution in [0.2, 0.25) is 0 Å². The summed E-state index contributed by atoms with van der Waals surface area (Å²) < 4.78 is 6.96. The summed E-state index contributed by atoms with van der Waals surface area (Å²) in [7, 11) is 0. The maximum atomic E-state index is 13.2. The molecule has 17 nitrogen and oxygen atoms in total. The van der Waals surface area contributed by atoms with Crippen molar-refractivity contribution >= 4 is 52.5 Å². The van der Waals surface area contributed by atoms with Gasteiger partial charge >= 0.3 is 11.7 Å². The summed E-state index contributed by atoms with van der Waals surface area (Å²) in [5.74, 6) is 0.110. The molecule has 0 aliphatic carbocycles. The van der Waals surface area contributed by atoms with E-state index in [2.05, 4.69) is 48.5 Å². The topological polar surface area (TPSA) is 262 Å². The number of rotatable bonds is 28. The molecule has 0 aliphatic rings. The van der Waals surface area contributed by atoms with Crippen LogP contribution in [0.5, 0.6) is 0 Å². The number of anilines is 2. The van der Waals surface area contributed by atoms with E-state index in [0.717, 1.165) is 76.0 Å². The smallest absolute Gasteiger partial charge is 0.338 e. The van der Waals surface area contributed by atoms with E-state index in [-0.39, 0.29) is 24.5 Å². The van der Waals surface area contributed by atoms with Crippen LogP contribution in [-0.2, 0) is 20.9 Å². The average Bonchev–Trinajstić information content (AvgIpc) is 3.48. The number of nitrogens with two attached hydrogens (primary N) is 3. The monoisotopic (exact) mass is 772 g/mol. The van der Waals surface area contributed by atoms with E-state index >= 15 is 0 Å². The van der Waals surface area contributed by atoms with Crippen molar-refractivity contribution in [2.75, 3.05) is 75.0 Å². The number of thioether (sulfide) groups is 1. The number of carbonyl (C=O) groups is 3. The number of ether oxygens (including phenoxy) is 1. The average molecular weight is 773 g/mol. The van der Waals surface area contributed by atoms with E-state index in [9.17, 15) is 19.2 Å². The predicted octanol–water partition coefficient (Wildman–Crippen LogP) is 0.889. The lowest BCUT2D eigenvalue weighted by Gasteiger charge is -2.21. The summed E-state index contributed by atoms with van der Waals surface area (Å²) in [5.41, 5.74) is 19.0. The van der Waals surface area contributed by atoms with Crippen molar-refractivity contribution in [2.45, 2.75) is 77.4 Å². The van der Waals surface area contributed by atoms with Gasteiger partial charge in [0.15, 0.2) is 11.5 Å². The summed E-state index contributed by atoms with van der Waals surface area (Å²) in [5, 5.41) is 15.4. The van der Waals surface area contributed by atoms with Crippen molar-refractivity contribution in [1.82, 2.24) is 40.8 Å². The van der Waals surface area contributed by atoms with Gasteiger partial charge in [0.2, 0.25) is 17.8 Å². The van der Waals surface area contributed by atoms with Crippen molar-refractivity contribution in [2.24, 2.45) is 11.5 Å². The minimum Gasteiger partial charge on any atom is -0.459 e. The van der Waals surface area contributed by atoms with Gasteiger partial charge in [-0.1, -0.05) is 32.4 Å². The number of amides is 2. The Morgan fingerprint density at radius 1 is 0.907 bits per heavy atom. The largest absolute Gasteiger partial charge is 0.459 e. The SMILES string of the molecule is CCCCNc1nc(N)c2[nH]c(=O)n(Cc3ccc(C(=O)OC[C@H](NC(=O)[C@@H](N)CSCCC)C(=O)NCCCNCCCCNCCCN)cc3)c2n1. The standard InChI is InChI=1S/C36H60N12O5S/c1-3-5-19-43-35-46-30(39)29-31(47-35)48(36(52)45-29)22-25-10-12-26(13-11-25)34(51)53-23-28(44-32(49)27(38)24-54-21-4-2)33(50)42-20-9-18-41-16-7-6-15-40-17-8-14-37/h10-13,27-28,40-41H,3-9,14-24,37-38H2,1-2H3,(H,42,50)(H,44,49)(H,45,52)(H3,39,43,46,47)/t27-,28-/m0/s1. The number of fused-ring (bicyclic) bond motifs is 1. The number of hydrogen-bond donors (Lipinski definition) is 9. The molecule has 0 bridgehead atoms. The molecule has 0 spiro atoms. The van der Waals surface area contributed by atoms with Gasteiger partial charge in [-0.25, -0.2) is 9.59 Å². The molecule has 0 fully saturated rings. The van der Waals surface area contributed by atoms with Gasteiger partial charge in [-0.15, -0.1) is 0 Å². The highest BCUT2D eigenvalue weighted by Gasteiger charge is 2.25. The van der Waals surface area contributed by atoms with Crippen molar-refractivity contribution < 1.29 is 19.1 Å². The first-order chi connectivity index (χ1) is 26.2. The molecule has 0 saturated carbocycles. The van der Waals surface area contributed by atoms with Gasteiger partial charge in [0.05, 0.1) is 18.2 Å². The van der Waals surface area contributed by atoms with E-state index in [1.807, 2.05) is 6.92 Å². The summed E-state index contributed by atoms with van der Waals surface area (Å²) >= 11 is 1.56. The van der Waals surface area contributed by atoms with Crippen molar-refractivity contribution in [3.8, 4) is 0 Å². The molecule has 3 rings (SSSR count). The number of aromatic nitrogens is 4. The molecule has 1 aromatic carbocycles. The maximum Gasteiger partial charge on any atom is 0.338 e. The zero-order valence-electron chi connectivity index (χ0n) is 31.7. The number of aromatic amines is 1. The molecule has 0 radical (unpaired) electrons. The van der Waals surface area contributed by atoms with Gasteiger partial charge in [-0.2, -0.15) is 21.7 Å². The Morgan fingerprint density at radius 2 is 1.61 bits per heavy atom. The number of benzene rings is 1. The third-order valence-corrected chi connectivity index (χ3v) is 9.63. The molecule has 54 heavy (non-hydrogen) atoms. The van der Waals surface area contributed by atoms with Crippen LogP contribution < -0.4 is 49.5 Å². The Bertz CT molecular complexity index is 1630. The number of esters is 1. The molecule has 2 amide bonds. The van der Waals surface area contributed by atoms with E-state index < -0.39 is 35.6 Å². The fraction of sp³-hybridized carbons (Fsp3) is 0.611. The summed E-state index contributed by atoms with van der Waals surface area (Å²) in [6.45, 7) is 9.12. The molecular weight excluding hydrogens is 713 g/mol. The van der Waals surface area contributed by atoms with Crippen LogP contribution in [-0.4, -0.2) is 113 Å². The van der Waals surface area contributed by atoms with Crippen LogP contribution in [0, 0.1) is 0 Å². The number of imidazole rings is 1. The molecule has 2 heterocycles. The van der Waals surface area contributed by atoms with Gasteiger partial charge < -0.3 is 53.5 Å². The van der Waals surface area contributed by atoms with Gasteiger partial charge in [0.25, 0.3) is 0 Å². The first-order valence-electron chi connectivity index (χ1n) is 19.0.